The van der Waals surface area contributed by atoms with Gasteiger partial charge in [0.15, 0.2) is 0 Å². The number of piperidine rings is 1. The first kappa shape index (κ1) is 16.1. The molecule has 6 heteroatoms. The smallest absolute Gasteiger partial charge is 0.230 e. The molecule has 6 nitrogen and oxygen atoms in total. The first-order chi connectivity index (χ1) is 12.2. The van der Waals surface area contributed by atoms with E-state index in [0.29, 0.717) is 5.92 Å². The molecule has 0 unspecified atom stereocenters. The van der Waals surface area contributed by atoms with Gasteiger partial charge >= 0.3 is 0 Å². The zero-order chi connectivity index (χ0) is 17.2. The Kier molecular flexibility index (Phi) is 4.42. The van der Waals surface area contributed by atoms with Crippen LogP contribution in [0.2, 0.25) is 0 Å². The Labute approximate surface area is 147 Å². The van der Waals surface area contributed by atoms with E-state index >= 15 is 0 Å². The molecule has 1 saturated heterocycles. The molecule has 2 aromatic rings. The van der Waals surface area contributed by atoms with Crippen molar-refractivity contribution in [2.45, 2.75) is 38.1 Å². The number of carbonyl (C=O) groups excluding carboxylic acids is 1. The Morgan fingerprint density at radius 1 is 1.36 bits per heavy atom. The number of rotatable bonds is 4. The Morgan fingerprint density at radius 3 is 3.08 bits per heavy atom. The maximum atomic E-state index is 13.2. The monoisotopic (exact) mass is 340 g/mol. The molecule has 2 aliphatic rings. The van der Waals surface area contributed by atoms with Crippen LogP contribution in [0.25, 0.3) is 0 Å². The van der Waals surface area contributed by atoms with Crippen molar-refractivity contribution in [3.05, 3.63) is 42.0 Å². The van der Waals surface area contributed by atoms with E-state index in [4.69, 9.17) is 4.74 Å². The molecule has 1 aliphatic heterocycles. The number of aromatic nitrogens is 3. The number of hydrogen-bond acceptors (Lipinski definition) is 4. The summed E-state index contributed by atoms with van der Waals surface area (Å²) in [6, 6.07) is 6.13. The van der Waals surface area contributed by atoms with E-state index in [-0.39, 0.29) is 11.8 Å². The predicted molar refractivity (Wildman–Crippen MR) is 93.4 cm³/mol. The minimum Gasteiger partial charge on any atom is -0.497 e. The van der Waals surface area contributed by atoms with Crippen LogP contribution in [0.1, 0.15) is 36.3 Å². The second kappa shape index (κ2) is 6.86. The number of ether oxygens (including phenoxy) is 1. The lowest BCUT2D eigenvalue weighted by Crippen LogP contribution is -2.43. The summed E-state index contributed by atoms with van der Waals surface area (Å²) < 4.78 is 7.22. The zero-order valence-corrected chi connectivity index (χ0v) is 14.6. The zero-order valence-electron chi connectivity index (χ0n) is 14.6. The van der Waals surface area contributed by atoms with Gasteiger partial charge in [-0.2, -0.15) is 5.10 Å². The summed E-state index contributed by atoms with van der Waals surface area (Å²) in [6.07, 6.45) is 7.40. The van der Waals surface area contributed by atoms with Crippen LogP contribution < -0.4 is 4.74 Å². The lowest BCUT2D eigenvalue weighted by atomic mass is 9.94. The summed E-state index contributed by atoms with van der Waals surface area (Å²) in [5, 5.41) is 4.19. The van der Waals surface area contributed by atoms with Gasteiger partial charge in [0.25, 0.3) is 0 Å². The van der Waals surface area contributed by atoms with Crippen LogP contribution in [0, 0.1) is 5.92 Å². The van der Waals surface area contributed by atoms with Crippen molar-refractivity contribution in [2.24, 2.45) is 5.92 Å². The number of hydrogen-bond donors (Lipinski definition) is 0. The quantitative estimate of drug-likeness (QED) is 0.856. The lowest BCUT2D eigenvalue weighted by molar-refractivity contribution is -0.134. The van der Waals surface area contributed by atoms with E-state index in [1.54, 1.807) is 19.8 Å². The summed E-state index contributed by atoms with van der Waals surface area (Å²) in [5.74, 6) is 1.54. The third-order valence-corrected chi connectivity index (χ3v) is 5.47. The minimum atomic E-state index is -0.0183. The number of fused-ring (bicyclic) bond motifs is 1. The molecule has 4 rings (SSSR count). The third kappa shape index (κ3) is 3.25. The highest BCUT2D eigenvalue weighted by molar-refractivity contribution is 5.85. The number of carbonyl (C=O) groups is 1. The summed E-state index contributed by atoms with van der Waals surface area (Å²) >= 11 is 0. The molecule has 0 saturated carbocycles. The topological polar surface area (TPSA) is 60.2 Å². The van der Waals surface area contributed by atoms with Crippen LogP contribution in [0.3, 0.4) is 0 Å². The Bertz CT molecular complexity index is 744. The molecule has 1 fully saturated rings. The van der Waals surface area contributed by atoms with E-state index in [1.807, 2.05) is 16.8 Å². The highest BCUT2D eigenvalue weighted by Gasteiger charge is 2.34. The van der Waals surface area contributed by atoms with Crippen LogP contribution in [0.5, 0.6) is 5.75 Å². The van der Waals surface area contributed by atoms with E-state index in [9.17, 15) is 4.79 Å². The number of aryl methyl sites for hydroxylation is 1. The Hall–Kier alpha value is -2.37. The van der Waals surface area contributed by atoms with Gasteiger partial charge in [-0.15, -0.1) is 0 Å². The molecule has 1 aliphatic carbocycles. The standard InChI is InChI=1S/C19H24N4O2/c1-25-16-6-4-15-5-7-17(18(15)9-16)19(24)22-8-2-3-14(10-22)11-23-13-20-12-21-23/h4,6,9,12-14,17H,2-3,5,7-8,10-11H2,1H3/t14-,17+/m1/s1. The predicted octanol–water partition coefficient (Wildman–Crippen LogP) is 2.26. The first-order valence-corrected chi connectivity index (χ1v) is 9.02. The molecule has 0 N–H and O–H groups in total. The van der Waals surface area contributed by atoms with Crippen LogP contribution in [0.4, 0.5) is 0 Å². The number of likely N-dealkylation sites (tertiary alicyclic amines) is 1. The van der Waals surface area contributed by atoms with Gasteiger partial charge in [-0.25, -0.2) is 4.98 Å². The first-order valence-electron chi connectivity index (χ1n) is 9.02. The van der Waals surface area contributed by atoms with Gasteiger partial charge in [-0.05, 0) is 54.9 Å². The Balaban J connectivity index is 1.46. The molecule has 2 atom stereocenters. The maximum Gasteiger partial charge on any atom is 0.230 e. The lowest BCUT2D eigenvalue weighted by Gasteiger charge is -2.34. The molecule has 1 aromatic carbocycles. The van der Waals surface area contributed by atoms with Gasteiger partial charge in [-0.3, -0.25) is 9.48 Å². The third-order valence-electron chi connectivity index (χ3n) is 5.47. The molecular weight excluding hydrogens is 316 g/mol. The van der Waals surface area contributed by atoms with Gasteiger partial charge in [-0.1, -0.05) is 6.07 Å². The number of nitrogens with zero attached hydrogens (tertiary/aromatic N) is 4. The van der Waals surface area contributed by atoms with Crippen molar-refractivity contribution in [3.8, 4) is 5.75 Å². The van der Waals surface area contributed by atoms with Crippen molar-refractivity contribution >= 4 is 5.91 Å². The van der Waals surface area contributed by atoms with Crippen molar-refractivity contribution in [2.75, 3.05) is 20.2 Å². The van der Waals surface area contributed by atoms with Gasteiger partial charge in [0.05, 0.1) is 13.0 Å². The molecule has 0 bridgehead atoms. The fourth-order valence-corrected chi connectivity index (χ4v) is 4.19. The van der Waals surface area contributed by atoms with Gasteiger partial charge < -0.3 is 9.64 Å². The van der Waals surface area contributed by atoms with E-state index in [1.165, 1.54) is 5.56 Å². The average Bonchev–Trinajstić information content (AvgIpc) is 3.30. The Morgan fingerprint density at radius 2 is 2.28 bits per heavy atom. The molecule has 0 spiro atoms. The van der Waals surface area contributed by atoms with Crippen LogP contribution in [-0.4, -0.2) is 45.8 Å². The van der Waals surface area contributed by atoms with Crippen LogP contribution >= 0.6 is 0 Å². The number of methoxy groups -OCH3 is 1. The fourth-order valence-electron chi connectivity index (χ4n) is 4.19. The van der Waals surface area contributed by atoms with Crippen LogP contribution in [0.15, 0.2) is 30.9 Å². The van der Waals surface area contributed by atoms with Crippen LogP contribution in [-0.2, 0) is 17.8 Å². The normalized spacial score (nSPS) is 22.7. The molecule has 1 amide bonds. The molecule has 25 heavy (non-hydrogen) atoms. The second-order valence-electron chi connectivity index (χ2n) is 7.07. The fraction of sp³-hybridized carbons (Fsp3) is 0.526. The molecule has 0 radical (unpaired) electrons. The summed E-state index contributed by atoms with van der Waals surface area (Å²) in [4.78, 5) is 19.2. The largest absolute Gasteiger partial charge is 0.497 e. The highest BCUT2D eigenvalue weighted by Crippen LogP contribution is 2.37. The van der Waals surface area contributed by atoms with Gasteiger partial charge in [0, 0.05) is 19.6 Å². The molecule has 1 aromatic heterocycles. The van der Waals surface area contributed by atoms with Crippen molar-refractivity contribution in [3.63, 3.8) is 0 Å². The minimum absolute atomic E-state index is 0.0183. The molecule has 132 valence electrons. The van der Waals surface area contributed by atoms with Gasteiger partial charge in [0.2, 0.25) is 5.91 Å². The van der Waals surface area contributed by atoms with E-state index < -0.39 is 0 Å². The number of benzene rings is 1. The van der Waals surface area contributed by atoms with Crippen molar-refractivity contribution in [1.29, 1.82) is 0 Å². The van der Waals surface area contributed by atoms with Gasteiger partial charge in [0.1, 0.15) is 18.4 Å². The molecule has 2 heterocycles. The summed E-state index contributed by atoms with van der Waals surface area (Å²) in [5.41, 5.74) is 2.44. The van der Waals surface area contributed by atoms with E-state index in [0.717, 1.165) is 56.6 Å². The summed E-state index contributed by atoms with van der Waals surface area (Å²) in [6.45, 7) is 2.51. The SMILES string of the molecule is COc1ccc2c(c1)[C@@H](C(=O)N1CCC[C@@H](Cn3cncn3)C1)CC2. The highest BCUT2D eigenvalue weighted by atomic mass is 16.5. The maximum absolute atomic E-state index is 13.2. The summed E-state index contributed by atoms with van der Waals surface area (Å²) in [7, 11) is 1.67. The number of amides is 1. The van der Waals surface area contributed by atoms with Crippen molar-refractivity contribution < 1.29 is 9.53 Å². The molecular formula is C19H24N4O2. The average molecular weight is 340 g/mol. The van der Waals surface area contributed by atoms with E-state index in [2.05, 4.69) is 21.0 Å². The van der Waals surface area contributed by atoms with Crippen molar-refractivity contribution in [1.82, 2.24) is 19.7 Å². The second-order valence-corrected chi connectivity index (χ2v) is 7.07.